The van der Waals surface area contributed by atoms with Gasteiger partial charge in [-0.25, -0.2) is 0 Å². The summed E-state index contributed by atoms with van der Waals surface area (Å²) in [5, 5.41) is 3.68. The zero-order valence-electron chi connectivity index (χ0n) is 19.3. The molecule has 2 aliphatic heterocycles. The number of rotatable bonds is 2. The van der Waals surface area contributed by atoms with Gasteiger partial charge in [0, 0.05) is 58.4 Å². The zero-order chi connectivity index (χ0) is 22.8. The van der Waals surface area contributed by atoms with Crippen molar-refractivity contribution in [3.63, 3.8) is 0 Å². The smallest absolute Gasteiger partial charge is 0.180 e. The molecule has 170 valence electrons. The minimum atomic E-state index is 0.0413. The van der Waals surface area contributed by atoms with Crippen molar-refractivity contribution in [3.8, 4) is 0 Å². The van der Waals surface area contributed by atoms with E-state index in [9.17, 15) is 4.79 Å². The average molecular weight is 449 g/mol. The molecule has 2 aliphatic rings. The first-order chi connectivity index (χ1) is 16.7. The van der Waals surface area contributed by atoms with Crippen molar-refractivity contribution in [1.29, 1.82) is 0 Å². The molecule has 2 atom stereocenters. The number of benzene rings is 2. The summed E-state index contributed by atoms with van der Waals surface area (Å²) in [5.74, 6) is 0.465. The summed E-state index contributed by atoms with van der Waals surface area (Å²) in [5.41, 5.74) is 9.01. The van der Waals surface area contributed by atoms with Crippen molar-refractivity contribution >= 4 is 32.7 Å². The van der Waals surface area contributed by atoms with Gasteiger partial charge in [-0.2, -0.15) is 0 Å². The van der Waals surface area contributed by atoms with E-state index < -0.39 is 0 Å². The van der Waals surface area contributed by atoms with Crippen LogP contribution in [0.2, 0.25) is 0 Å². The van der Waals surface area contributed by atoms with Crippen LogP contribution in [0.15, 0.2) is 71.2 Å². The van der Waals surface area contributed by atoms with Crippen LogP contribution in [0, 0.1) is 5.92 Å². The minimum absolute atomic E-state index is 0.0413. The number of piperidine rings is 1. The molecule has 7 rings (SSSR count). The number of hydrogen-bond donors (Lipinski definition) is 3. The topological polar surface area (TPSA) is 67.7 Å². The second-order valence-corrected chi connectivity index (χ2v) is 9.88. The van der Waals surface area contributed by atoms with Gasteiger partial charge in [-0.3, -0.25) is 9.69 Å². The molecule has 2 aromatic carbocycles. The van der Waals surface area contributed by atoms with E-state index in [1.807, 2.05) is 12.3 Å². The van der Waals surface area contributed by atoms with E-state index in [0.29, 0.717) is 12.0 Å². The highest BCUT2D eigenvalue weighted by Gasteiger charge is 2.37. The molecule has 0 radical (unpaired) electrons. The first-order valence-electron chi connectivity index (χ1n) is 12.3. The molecule has 1 saturated heterocycles. The number of aromatic amines is 3. The monoisotopic (exact) mass is 448 g/mol. The van der Waals surface area contributed by atoms with Crippen molar-refractivity contribution in [3.05, 3.63) is 93.6 Å². The maximum atomic E-state index is 11.9. The van der Waals surface area contributed by atoms with Gasteiger partial charge in [0.2, 0.25) is 0 Å². The number of fused-ring (bicyclic) bond motifs is 8. The highest BCUT2D eigenvalue weighted by molar-refractivity contribution is 6.07. The van der Waals surface area contributed by atoms with Crippen LogP contribution in [0.3, 0.4) is 0 Å². The van der Waals surface area contributed by atoms with Crippen LogP contribution < -0.4 is 5.43 Å². The van der Waals surface area contributed by atoms with Gasteiger partial charge in [0.15, 0.2) is 5.43 Å². The molecule has 3 N–H and O–H groups in total. The van der Waals surface area contributed by atoms with E-state index in [-0.39, 0.29) is 5.43 Å². The second kappa shape index (κ2) is 7.47. The Bertz CT molecular complexity index is 1650. The maximum absolute atomic E-state index is 11.9. The summed E-state index contributed by atoms with van der Waals surface area (Å²) in [7, 11) is 0. The first kappa shape index (κ1) is 19.9. The van der Waals surface area contributed by atoms with E-state index in [2.05, 4.69) is 63.2 Å². The molecular formula is C29H28N4O. The number of nitrogens with zero attached hydrogens (tertiary/aromatic N) is 1. The number of nitrogens with one attached hydrogen (secondary N) is 3. The lowest BCUT2D eigenvalue weighted by atomic mass is 9.79. The van der Waals surface area contributed by atoms with Crippen molar-refractivity contribution in [2.75, 3.05) is 13.1 Å². The highest BCUT2D eigenvalue weighted by Crippen LogP contribution is 2.44. The standard InChI is InChI=1S/C29H28N4O/c1-2-17-16-33-12-10-23-20-5-3-4-6-24(20)31-29(23)27(33)14-18(17)13-26-28-22(9-11-30-26)21-8-7-19(34)15-25(21)32-28/h2-9,11,15,18,27,30-32H,10,12-14,16H2,1H3. The summed E-state index contributed by atoms with van der Waals surface area (Å²) >= 11 is 0. The third kappa shape index (κ3) is 2.93. The fourth-order valence-electron chi connectivity index (χ4n) is 6.47. The van der Waals surface area contributed by atoms with Gasteiger partial charge >= 0.3 is 0 Å². The Labute approximate surface area is 197 Å². The lowest BCUT2D eigenvalue weighted by Crippen LogP contribution is -2.43. The largest absolute Gasteiger partial charge is 0.363 e. The average Bonchev–Trinajstić information content (AvgIpc) is 3.42. The van der Waals surface area contributed by atoms with Crippen LogP contribution in [0.5, 0.6) is 0 Å². The lowest BCUT2D eigenvalue weighted by molar-refractivity contribution is 0.138. The molecule has 5 aromatic rings. The predicted octanol–water partition coefficient (Wildman–Crippen LogP) is 5.60. The quantitative estimate of drug-likeness (QED) is 0.308. The Balaban J connectivity index is 1.28. The number of para-hydroxylation sites is 1. The summed E-state index contributed by atoms with van der Waals surface area (Å²) in [6.07, 6.45) is 7.54. The van der Waals surface area contributed by atoms with Crippen molar-refractivity contribution < 1.29 is 0 Å². The van der Waals surface area contributed by atoms with Crippen LogP contribution in [0.25, 0.3) is 32.7 Å². The number of aromatic nitrogens is 3. The SMILES string of the molecule is CC=C1CN2CCc3c([nH]c4ccccc34)C2CC1Cc1[nH]ccc2c1[nH]c1cc(=O)ccc12. The first-order valence-corrected chi connectivity index (χ1v) is 12.3. The molecule has 0 bridgehead atoms. The third-order valence-corrected chi connectivity index (χ3v) is 8.13. The molecule has 0 spiro atoms. The third-order valence-electron chi connectivity index (χ3n) is 8.13. The van der Waals surface area contributed by atoms with Gasteiger partial charge in [-0.1, -0.05) is 29.8 Å². The van der Waals surface area contributed by atoms with E-state index in [1.54, 1.807) is 12.1 Å². The Morgan fingerprint density at radius 2 is 1.94 bits per heavy atom. The molecule has 1 fully saturated rings. The Morgan fingerprint density at radius 3 is 2.85 bits per heavy atom. The van der Waals surface area contributed by atoms with Crippen molar-refractivity contribution in [1.82, 2.24) is 19.9 Å². The summed E-state index contributed by atoms with van der Waals surface area (Å²) < 4.78 is 0. The maximum Gasteiger partial charge on any atom is 0.180 e. The van der Waals surface area contributed by atoms with E-state index >= 15 is 0 Å². The van der Waals surface area contributed by atoms with Crippen molar-refractivity contribution in [2.45, 2.75) is 32.2 Å². The van der Waals surface area contributed by atoms with E-state index in [1.165, 1.54) is 38.8 Å². The van der Waals surface area contributed by atoms with E-state index in [0.717, 1.165) is 48.8 Å². The Kier molecular flexibility index (Phi) is 4.36. The molecular weight excluding hydrogens is 420 g/mol. The van der Waals surface area contributed by atoms with Gasteiger partial charge in [0.1, 0.15) is 0 Å². The number of hydrogen-bond acceptors (Lipinski definition) is 2. The fraction of sp³-hybridized carbons (Fsp3) is 0.276. The van der Waals surface area contributed by atoms with Gasteiger partial charge in [-0.05, 0) is 61.9 Å². The summed E-state index contributed by atoms with van der Waals surface area (Å²) in [4.78, 5) is 25.4. The minimum Gasteiger partial charge on any atom is -0.363 e. The van der Waals surface area contributed by atoms with Gasteiger partial charge < -0.3 is 15.0 Å². The second-order valence-electron chi connectivity index (χ2n) is 9.88. The highest BCUT2D eigenvalue weighted by atomic mass is 16.1. The molecule has 34 heavy (non-hydrogen) atoms. The van der Waals surface area contributed by atoms with Gasteiger partial charge in [-0.15, -0.1) is 0 Å². The number of pyridine rings is 1. The summed E-state index contributed by atoms with van der Waals surface area (Å²) in [6.45, 7) is 4.33. The molecule has 5 heteroatoms. The van der Waals surface area contributed by atoms with Crippen LogP contribution in [-0.4, -0.2) is 32.9 Å². The lowest BCUT2D eigenvalue weighted by Gasteiger charge is -2.44. The van der Waals surface area contributed by atoms with Crippen LogP contribution in [0.4, 0.5) is 0 Å². The van der Waals surface area contributed by atoms with Crippen LogP contribution in [0.1, 0.15) is 36.3 Å². The molecule has 5 nitrogen and oxygen atoms in total. The predicted molar refractivity (Wildman–Crippen MR) is 138 cm³/mol. The van der Waals surface area contributed by atoms with Gasteiger partial charge in [0.25, 0.3) is 0 Å². The zero-order valence-corrected chi connectivity index (χ0v) is 19.3. The molecule has 5 heterocycles. The van der Waals surface area contributed by atoms with E-state index in [4.69, 9.17) is 0 Å². The fourth-order valence-corrected chi connectivity index (χ4v) is 6.47. The Morgan fingerprint density at radius 1 is 1.03 bits per heavy atom. The molecule has 0 saturated carbocycles. The van der Waals surface area contributed by atoms with Crippen molar-refractivity contribution in [2.24, 2.45) is 5.92 Å². The number of allylic oxidation sites excluding steroid dienone is 1. The van der Waals surface area contributed by atoms with Crippen LogP contribution in [-0.2, 0) is 12.8 Å². The summed E-state index contributed by atoms with van der Waals surface area (Å²) in [6, 6.07) is 16.6. The molecule has 2 unspecified atom stereocenters. The van der Waals surface area contributed by atoms with Crippen LogP contribution >= 0.6 is 0 Å². The normalized spacial score (nSPS) is 22.0. The Hall–Kier alpha value is -3.57. The number of H-pyrrole nitrogens is 3. The molecule has 0 aliphatic carbocycles. The molecule has 3 aromatic heterocycles. The molecule has 0 amide bonds. The van der Waals surface area contributed by atoms with Gasteiger partial charge in [0.05, 0.1) is 17.1 Å².